The van der Waals surface area contributed by atoms with E-state index in [1.54, 1.807) is 0 Å². The lowest BCUT2D eigenvalue weighted by Crippen LogP contribution is -2.33. The number of rotatable bonds is 3. The molecule has 2 atom stereocenters. The van der Waals surface area contributed by atoms with Gasteiger partial charge in [0.2, 0.25) is 0 Å². The number of hydrogen-bond acceptors (Lipinski definition) is 2. The van der Waals surface area contributed by atoms with Crippen LogP contribution in [0.2, 0.25) is 0 Å². The molecular formula is C12H21BrO2. The van der Waals surface area contributed by atoms with Crippen molar-refractivity contribution in [2.24, 2.45) is 5.41 Å². The van der Waals surface area contributed by atoms with E-state index in [0.29, 0.717) is 0 Å². The highest BCUT2D eigenvalue weighted by atomic mass is 79.9. The largest absolute Gasteiger partial charge is 0.378 e. The third-order valence-electron chi connectivity index (χ3n) is 2.77. The van der Waals surface area contributed by atoms with Gasteiger partial charge < -0.3 is 4.74 Å². The molecular weight excluding hydrogens is 256 g/mol. The second kappa shape index (κ2) is 5.44. The first-order valence-corrected chi connectivity index (χ1v) is 6.63. The molecule has 1 rings (SSSR count). The van der Waals surface area contributed by atoms with Crippen LogP contribution in [0.15, 0.2) is 0 Å². The van der Waals surface area contributed by atoms with Gasteiger partial charge >= 0.3 is 0 Å². The van der Waals surface area contributed by atoms with E-state index in [1.807, 2.05) is 20.8 Å². The molecule has 0 aromatic carbocycles. The summed E-state index contributed by atoms with van der Waals surface area (Å²) in [5.41, 5.74) is -0.261. The van der Waals surface area contributed by atoms with Gasteiger partial charge in [-0.15, -0.1) is 0 Å². The maximum atomic E-state index is 11.9. The van der Waals surface area contributed by atoms with E-state index in [1.165, 1.54) is 6.42 Å². The maximum absolute atomic E-state index is 11.9. The number of Topliss-reactive ketones (excluding diaryl/α,β-unsaturated/α-hetero) is 1. The fourth-order valence-corrected chi connectivity index (χ4v) is 2.90. The monoisotopic (exact) mass is 276 g/mol. The highest BCUT2D eigenvalue weighted by molar-refractivity contribution is 9.10. The first-order chi connectivity index (χ1) is 6.91. The summed E-state index contributed by atoms with van der Waals surface area (Å²) in [6, 6.07) is 0. The highest BCUT2D eigenvalue weighted by Crippen LogP contribution is 2.26. The normalized spacial score (nSPS) is 24.9. The Balaban J connectivity index is 2.40. The zero-order chi connectivity index (χ0) is 11.5. The van der Waals surface area contributed by atoms with E-state index < -0.39 is 0 Å². The molecule has 15 heavy (non-hydrogen) atoms. The summed E-state index contributed by atoms with van der Waals surface area (Å²) < 4.78 is 5.63. The number of carbonyl (C=O) groups is 1. The van der Waals surface area contributed by atoms with E-state index in [2.05, 4.69) is 15.9 Å². The van der Waals surface area contributed by atoms with Crippen molar-refractivity contribution in [1.29, 1.82) is 0 Å². The van der Waals surface area contributed by atoms with Crippen LogP contribution >= 0.6 is 15.9 Å². The second-order valence-corrected chi connectivity index (χ2v) is 6.41. The van der Waals surface area contributed by atoms with Crippen molar-refractivity contribution in [3.63, 3.8) is 0 Å². The molecule has 1 saturated heterocycles. The van der Waals surface area contributed by atoms with E-state index in [4.69, 9.17) is 4.74 Å². The second-order valence-electron chi connectivity index (χ2n) is 5.31. The van der Waals surface area contributed by atoms with Crippen molar-refractivity contribution >= 4 is 21.7 Å². The van der Waals surface area contributed by atoms with Gasteiger partial charge in [-0.05, 0) is 25.7 Å². The van der Waals surface area contributed by atoms with Crippen LogP contribution in [-0.4, -0.2) is 23.3 Å². The Morgan fingerprint density at radius 3 is 2.60 bits per heavy atom. The van der Waals surface area contributed by atoms with Gasteiger partial charge in [-0.3, -0.25) is 4.79 Å². The predicted octanol–water partition coefficient (Wildman–Crippen LogP) is 3.32. The number of halogens is 1. The molecule has 0 aromatic heterocycles. The van der Waals surface area contributed by atoms with Gasteiger partial charge in [-0.2, -0.15) is 0 Å². The fraction of sp³-hybridized carbons (Fsp3) is 0.917. The Labute approximate surface area is 101 Å². The van der Waals surface area contributed by atoms with Gasteiger partial charge in [-0.1, -0.05) is 36.7 Å². The summed E-state index contributed by atoms with van der Waals surface area (Å²) in [7, 11) is 0. The summed E-state index contributed by atoms with van der Waals surface area (Å²) in [4.78, 5) is 11.9. The van der Waals surface area contributed by atoms with Gasteiger partial charge in [0.25, 0.3) is 0 Å². The Bertz CT molecular complexity index is 214. The summed E-state index contributed by atoms with van der Waals surface area (Å²) in [5, 5.41) is 0. The molecule has 3 heteroatoms. The van der Waals surface area contributed by atoms with Crippen LogP contribution in [0.4, 0.5) is 0 Å². The predicted molar refractivity (Wildman–Crippen MR) is 65.4 cm³/mol. The molecule has 1 fully saturated rings. The van der Waals surface area contributed by atoms with E-state index in [9.17, 15) is 4.79 Å². The molecule has 0 amide bonds. The maximum Gasteiger partial charge on any atom is 0.151 e. The van der Waals surface area contributed by atoms with Crippen LogP contribution in [0, 0.1) is 5.41 Å². The lowest BCUT2D eigenvalue weighted by Gasteiger charge is -2.27. The van der Waals surface area contributed by atoms with Gasteiger partial charge in [0.05, 0.1) is 10.9 Å². The minimum atomic E-state index is -0.261. The molecule has 0 radical (unpaired) electrons. The van der Waals surface area contributed by atoms with Crippen LogP contribution in [0.25, 0.3) is 0 Å². The van der Waals surface area contributed by atoms with Crippen LogP contribution < -0.4 is 0 Å². The topological polar surface area (TPSA) is 26.3 Å². The average molecular weight is 277 g/mol. The Morgan fingerprint density at radius 2 is 2.13 bits per heavy atom. The first-order valence-electron chi connectivity index (χ1n) is 5.71. The van der Waals surface area contributed by atoms with Crippen LogP contribution in [-0.2, 0) is 9.53 Å². The van der Waals surface area contributed by atoms with E-state index in [0.717, 1.165) is 25.9 Å². The smallest absolute Gasteiger partial charge is 0.151 e. The van der Waals surface area contributed by atoms with Crippen LogP contribution in [0.5, 0.6) is 0 Å². The van der Waals surface area contributed by atoms with Gasteiger partial charge in [0.15, 0.2) is 5.78 Å². The van der Waals surface area contributed by atoms with Crippen LogP contribution in [0.3, 0.4) is 0 Å². The highest BCUT2D eigenvalue weighted by Gasteiger charge is 2.30. The van der Waals surface area contributed by atoms with E-state index >= 15 is 0 Å². The third-order valence-corrected chi connectivity index (χ3v) is 3.56. The first kappa shape index (κ1) is 13.2. The summed E-state index contributed by atoms with van der Waals surface area (Å²) in [6.45, 7) is 6.75. The van der Waals surface area contributed by atoms with Gasteiger partial charge in [0, 0.05) is 12.0 Å². The Kier molecular flexibility index (Phi) is 4.78. The minimum absolute atomic E-state index is 0.0550. The Hall–Kier alpha value is 0.110. The van der Waals surface area contributed by atoms with Crippen molar-refractivity contribution in [1.82, 2.24) is 0 Å². The van der Waals surface area contributed by atoms with Crippen molar-refractivity contribution in [2.45, 2.75) is 57.4 Å². The third kappa shape index (κ3) is 4.23. The molecule has 1 aliphatic heterocycles. The van der Waals surface area contributed by atoms with E-state index in [-0.39, 0.29) is 22.1 Å². The molecule has 2 nitrogen and oxygen atoms in total. The summed E-state index contributed by atoms with van der Waals surface area (Å²) in [5.74, 6) is 0.275. The lowest BCUT2D eigenvalue weighted by atomic mass is 9.87. The standard InChI is InChI=1S/C12H21BrO2/c1-12(2,3)11(14)10(13)8-9-6-4-5-7-15-9/h9-10H,4-8H2,1-3H3. The zero-order valence-corrected chi connectivity index (χ0v) is 11.5. The molecule has 0 aliphatic carbocycles. The summed E-state index contributed by atoms with van der Waals surface area (Å²) >= 11 is 3.49. The van der Waals surface area contributed by atoms with Gasteiger partial charge in [0.1, 0.15) is 0 Å². The number of alkyl halides is 1. The zero-order valence-electron chi connectivity index (χ0n) is 9.88. The van der Waals surface area contributed by atoms with Crippen molar-refractivity contribution in [3.8, 4) is 0 Å². The molecule has 0 saturated carbocycles. The number of ether oxygens (including phenoxy) is 1. The minimum Gasteiger partial charge on any atom is -0.378 e. The molecule has 0 aromatic rings. The van der Waals surface area contributed by atoms with Crippen molar-refractivity contribution in [2.75, 3.05) is 6.61 Å². The molecule has 0 spiro atoms. The van der Waals surface area contributed by atoms with Crippen LogP contribution in [0.1, 0.15) is 46.5 Å². The Morgan fingerprint density at radius 1 is 1.47 bits per heavy atom. The van der Waals surface area contributed by atoms with Crippen molar-refractivity contribution in [3.05, 3.63) is 0 Å². The average Bonchev–Trinajstić information content (AvgIpc) is 2.16. The lowest BCUT2D eigenvalue weighted by molar-refractivity contribution is -0.126. The molecule has 88 valence electrons. The summed E-state index contributed by atoms with van der Waals surface area (Å²) in [6.07, 6.45) is 4.58. The number of ketones is 1. The molecule has 0 N–H and O–H groups in total. The molecule has 0 bridgehead atoms. The number of carbonyl (C=O) groups excluding carboxylic acids is 1. The van der Waals surface area contributed by atoms with Crippen molar-refractivity contribution < 1.29 is 9.53 Å². The molecule has 1 heterocycles. The number of hydrogen-bond donors (Lipinski definition) is 0. The quantitative estimate of drug-likeness (QED) is 0.740. The molecule has 2 unspecified atom stereocenters. The molecule has 1 aliphatic rings. The van der Waals surface area contributed by atoms with Gasteiger partial charge in [-0.25, -0.2) is 0 Å². The fourth-order valence-electron chi connectivity index (χ4n) is 1.80. The SMILES string of the molecule is CC(C)(C)C(=O)C(Br)CC1CCCCO1.